The topological polar surface area (TPSA) is 1890 Å². The van der Waals surface area contributed by atoms with Crippen molar-refractivity contribution < 1.29 is 329 Å². The van der Waals surface area contributed by atoms with Crippen LogP contribution in [0.3, 0.4) is 0 Å². The minimum Gasteiger partial charge on any atom is -0.412 e. The third-order valence-electron chi connectivity index (χ3n) is 5.32. The van der Waals surface area contributed by atoms with Gasteiger partial charge in [0.05, 0.1) is 0 Å². The summed E-state index contributed by atoms with van der Waals surface area (Å²) in [6.45, 7) is 0. The first kappa shape index (κ1) is 848. The fourth-order valence-electron chi connectivity index (χ4n) is 4.14. The van der Waals surface area contributed by atoms with Crippen LogP contribution >= 0.6 is 0 Å². The highest BCUT2D eigenvalue weighted by Gasteiger charge is 2.07. The SMILES string of the molecule is C1=Cc2cccc3cccc(c23)C1.C1=Cc2cccc3cccc(c23)C1.O.O.O.O.O.O.O.O.O.O.O.O.O.O.O.O.O.O.O.O.O.O.O.O.O.O.O.O.O.O.O.O.O.O.O.O.O.O.O.O.O.O.O.O.O.O.O.O.O.O.O.O.O.O.O.O.O.O.O.O. The molecule has 60 heteroatoms. The molecular formula is C26H140O60. The molecule has 604 valence electrons. The van der Waals surface area contributed by atoms with Crippen molar-refractivity contribution in [2.24, 2.45) is 0 Å². The van der Waals surface area contributed by atoms with Crippen molar-refractivity contribution in [1.82, 2.24) is 0 Å². The highest BCUT2D eigenvalue weighted by molar-refractivity contribution is 5.95. The Hall–Kier alpha value is -5.52. The van der Waals surface area contributed by atoms with Gasteiger partial charge in [-0.1, -0.05) is 97.1 Å². The molecule has 0 saturated carbocycles. The summed E-state index contributed by atoms with van der Waals surface area (Å²) < 4.78 is 0. The second-order valence-electron chi connectivity index (χ2n) is 6.94. The average Bonchev–Trinajstić information content (AvgIpc) is 2.70. The lowest BCUT2D eigenvalue weighted by atomic mass is 9.93. The van der Waals surface area contributed by atoms with Gasteiger partial charge in [-0.2, -0.15) is 0 Å². The molecule has 86 heavy (non-hydrogen) atoms. The molecular weight excluding hydrogens is 1270 g/mol. The van der Waals surface area contributed by atoms with E-state index in [4.69, 9.17) is 0 Å². The maximum atomic E-state index is 2.23. The molecule has 0 heterocycles. The summed E-state index contributed by atoms with van der Waals surface area (Å²) in [7, 11) is 0. The van der Waals surface area contributed by atoms with Gasteiger partial charge in [0.15, 0.2) is 0 Å². The van der Waals surface area contributed by atoms with Gasteiger partial charge in [0.2, 0.25) is 0 Å². The molecule has 0 spiro atoms. The van der Waals surface area contributed by atoms with E-state index in [-0.39, 0.29) is 329 Å². The zero-order valence-electron chi connectivity index (χ0n) is 44.7. The molecule has 120 N–H and O–H groups in total. The van der Waals surface area contributed by atoms with E-state index < -0.39 is 0 Å². The number of hydrogen-bond acceptors (Lipinski definition) is 0. The van der Waals surface area contributed by atoms with Gasteiger partial charge < -0.3 is 329 Å². The molecule has 0 bridgehead atoms. The summed E-state index contributed by atoms with van der Waals surface area (Å²) in [5.74, 6) is 0. The third kappa shape index (κ3) is 159. The van der Waals surface area contributed by atoms with Crippen molar-refractivity contribution in [2.75, 3.05) is 0 Å². The Balaban J connectivity index is -0.00000000228. The van der Waals surface area contributed by atoms with E-state index in [9.17, 15) is 0 Å². The van der Waals surface area contributed by atoms with E-state index in [1.165, 1.54) is 43.8 Å². The van der Waals surface area contributed by atoms with E-state index in [1.54, 1.807) is 0 Å². The minimum absolute atomic E-state index is 0. The Morgan fingerprint density at radius 2 is 0.279 bits per heavy atom. The van der Waals surface area contributed by atoms with Gasteiger partial charge in [-0.3, -0.25) is 0 Å². The van der Waals surface area contributed by atoms with Crippen LogP contribution in [0.25, 0.3) is 33.7 Å². The molecule has 0 aliphatic heterocycles. The highest BCUT2D eigenvalue weighted by atomic mass is 16.1. The Labute approximate surface area is 483 Å². The largest absolute Gasteiger partial charge is 0.412 e. The second-order valence-corrected chi connectivity index (χ2v) is 6.94. The summed E-state index contributed by atoms with van der Waals surface area (Å²) in [5, 5.41) is 5.60. The van der Waals surface area contributed by atoms with Crippen molar-refractivity contribution in [3.63, 3.8) is 0 Å². The molecule has 0 fully saturated rings. The Morgan fingerprint density at radius 3 is 0.419 bits per heavy atom. The Kier molecular flexibility index (Phi) is 3630. The quantitative estimate of drug-likeness (QED) is 0.158. The fourth-order valence-corrected chi connectivity index (χ4v) is 4.14. The summed E-state index contributed by atoms with van der Waals surface area (Å²) in [6.07, 6.45) is 11.1. The zero-order chi connectivity index (χ0) is 17.3. The minimum atomic E-state index is 0. The van der Waals surface area contributed by atoms with E-state index >= 15 is 0 Å². The van der Waals surface area contributed by atoms with Gasteiger partial charge in [0, 0.05) is 0 Å². The second kappa shape index (κ2) is 368. The van der Waals surface area contributed by atoms with Crippen LogP contribution in [0, 0.1) is 0 Å². The highest BCUT2D eigenvalue weighted by Crippen LogP contribution is 2.28. The van der Waals surface area contributed by atoms with Crippen LogP contribution in [-0.2, 0) is 12.8 Å². The molecule has 4 aromatic rings. The van der Waals surface area contributed by atoms with Crippen LogP contribution in [-0.4, -0.2) is 329 Å². The molecule has 0 amide bonds. The summed E-state index contributed by atoms with van der Waals surface area (Å²) >= 11 is 0. The van der Waals surface area contributed by atoms with Crippen molar-refractivity contribution >= 4 is 33.7 Å². The predicted octanol–water partition coefficient (Wildman–Crippen LogP) is -42.7. The smallest absolute Gasteiger partial charge is 0.00763 e. The first-order chi connectivity index (χ1) is 12.9. The molecule has 60 nitrogen and oxygen atoms in total. The fraction of sp³-hybridized carbons (Fsp3) is 0.0769. The Bertz CT molecular complexity index is 1150. The summed E-state index contributed by atoms with van der Waals surface area (Å²) in [6, 6.07) is 26.1. The Morgan fingerprint density at radius 1 is 0.151 bits per heavy atom. The third-order valence-corrected chi connectivity index (χ3v) is 5.32. The van der Waals surface area contributed by atoms with Crippen LogP contribution in [0.1, 0.15) is 22.3 Å². The molecule has 2 aliphatic rings. The molecule has 2 aliphatic carbocycles. The van der Waals surface area contributed by atoms with Crippen LogP contribution < -0.4 is 0 Å². The monoisotopic (exact) mass is 1410 g/mol. The normalized spacial score (nSPS) is 4.09. The van der Waals surface area contributed by atoms with Crippen LogP contribution in [0.5, 0.6) is 0 Å². The van der Waals surface area contributed by atoms with Crippen LogP contribution in [0.2, 0.25) is 0 Å². The van der Waals surface area contributed by atoms with Gasteiger partial charge in [0.1, 0.15) is 0 Å². The van der Waals surface area contributed by atoms with Crippen molar-refractivity contribution in [3.05, 3.63) is 107 Å². The van der Waals surface area contributed by atoms with Crippen LogP contribution in [0.4, 0.5) is 0 Å². The number of benzene rings is 4. The molecule has 0 saturated heterocycles. The molecule has 4 aromatic carbocycles. The number of rotatable bonds is 0. The van der Waals surface area contributed by atoms with E-state index in [0.717, 1.165) is 12.8 Å². The number of hydrogen-bond donors (Lipinski definition) is 0. The number of allylic oxidation sites excluding steroid dienone is 2. The van der Waals surface area contributed by atoms with Crippen molar-refractivity contribution in [1.29, 1.82) is 0 Å². The van der Waals surface area contributed by atoms with Gasteiger partial charge >= 0.3 is 0 Å². The van der Waals surface area contributed by atoms with Crippen LogP contribution in [0.15, 0.2) is 84.9 Å². The molecule has 0 unspecified atom stereocenters. The first-order valence-corrected chi connectivity index (χ1v) is 9.24. The van der Waals surface area contributed by atoms with Gasteiger partial charge in [-0.05, 0) is 56.6 Å². The molecule has 6 rings (SSSR count). The van der Waals surface area contributed by atoms with Gasteiger partial charge in [0.25, 0.3) is 0 Å². The van der Waals surface area contributed by atoms with E-state index in [1.807, 2.05) is 0 Å². The summed E-state index contributed by atoms with van der Waals surface area (Å²) in [5.41, 5.74) is 5.63. The lowest BCUT2D eigenvalue weighted by molar-refractivity contribution is 0.823. The molecule has 0 atom stereocenters. The maximum absolute atomic E-state index is 2.23. The van der Waals surface area contributed by atoms with Crippen molar-refractivity contribution in [2.45, 2.75) is 12.8 Å². The standard InChI is InChI=1S/2C13H10.60H2O/c2*1-4-10-6-2-8-12-9-3-7-11(5-1)13(10)12;;;;;;;;;;;;;;;;;;;;;;;;;;;;;;;;;;;;;;;;;;;;;;;;;;;;;;;;;;;;/h2*1-8H,9H2;60*1H2. The van der Waals surface area contributed by atoms with Gasteiger partial charge in [-0.15, -0.1) is 0 Å². The lowest BCUT2D eigenvalue weighted by Gasteiger charge is -2.11. The predicted molar refractivity (Wildman–Crippen MR) is 330 cm³/mol. The molecule has 0 radical (unpaired) electrons. The van der Waals surface area contributed by atoms with Gasteiger partial charge in [-0.25, -0.2) is 0 Å². The van der Waals surface area contributed by atoms with Crippen molar-refractivity contribution in [3.8, 4) is 0 Å². The lowest BCUT2D eigenvalue weighted by Crippen LogP contribution is -1.91. The van der Waals surface area contributed by atoms with E-state index in [2.05, 4.69) is 97.1 Å². The molecule has 0 aromatic heterocycles. The first-order valence-electron chi connectivity index (χ1n) is 9.24. The summed E-state index contributed by atoms with van der Waals surface area (Å²) in [4.78, 5) is 0. The van der Waals surface area contributed by atoms with E-state index in [0.29, 0.717) is 0 Å². The maximum Gasteiger partial charge on any atom is -0.00763 e. The zero-order valence-corrected chi connectivity index (χ0v) is 44.7. The average molecular weight is 1410 g/mol.